The van der Waals surface area contributed by atoms with Crippen molar-refractivity contribution in [2.24, 2.45) is 5.10 Å². The van der Waals surface area contributed by atoms with E-state index < -0.39 is 0 Å². The average molecular weight is 402 g/mol. The van der Waals surface area contributed by atoms with E-state index in [1.165, 1.54) is 18.5 Å². The quantitative estimate of drug-likeness (QED) is 0.609. The van der Waals surface area contributed by atoms with Gasteiger partial charge in [-0.15, -0.1) is 0 Å². The van der Waals surface area contributed by atoms with Crippen LogP contribution >= 0.6 is 31.9 Å². The van der Waals surface area contributed by atoms with Gasteiger partial charge in [0.05, 0.1) is 22.5 Å². The zero-order chi connectivity index (χ0) is 14.7. The molecule has 0 bridgehead atoms. The van der Waals surface area contributed by atoms with E-state index in [4.69, 9.17) is 4.42 Å². The molecule has 0 unspecified atom stereocenters. The van der Waals surface area contributed by atoms with Crippen molar-refractivity contribution < 1.29 is 14.3 Å². The molecule has 2 rings (SSSR count). The molecule has 0 fully saturated rings. The highest BCUT2D eigenvalue weighted by Crippen LogP contribution is 2.29. The van der Waals surface area contributed by atoms with Crippen LogP contribution in [0.4, 0.5) is 0 Å². The third-order valence-corrected chi connectivity index (χ3v) is 3.86. The lowest BCUT2D eigenvalue weighted by molar-refractivity contribution is 0.0953. The Morgan fingerprint density at radius 3 is 2.80 bits per heavy atom. The third-order valence-electron chi connectivity index (χ3n) is 2.54. The first-order valence-corrected chi connectivity index (χ1v) is 7.13. The smallest absolute Gasteiger partial charge is 0.274 e. The Balaban J connectivity index is 2.09. The van der Waals surface area contributed by atoms with Crippen molar-refractivity contribution in [3.8, 4) is 5.75 Å². The van der Waals surface area contributed by atoms with E-state index in [2.05, 4.69) is 42.4 Å². The summed E-state index contributed by atoms with van der Waals surface area (Å²) in [5, 5.41) is 13.4. The van der Waals surface area contributed by atoms with Crippen molar-refractivity contribution in [1.82, 2.24) is 5.43 Å². The van der Waals surface area contributed by atoms with Gasteiger partial charge in [0.1, 0.15) is 11.5 Å². The number of halogens is 2. The Labute approximate surface area is 131 Å². The number of rotatable bonds is 3. The van der Waals surface area contributed by atoms with Crippen molar-refractivity contribution in [2.75, 3.05) is 0 Å². The topological polar surface area (TPSA) is 74.8 Å². The lowest BCUT2D eigenvalue weighted by Crippen LogP contribution is -2.17. The molecule has 1 heterocycles. The van der Waals surface area contributed by atoms with Gasteiger partial charge >= 0.3 is 0 Å². The number of benzene rings is 1. The molecule has 2 aromatic rings. The largest absolute Gasteiger partial charge is 0.507 e. The lowest BCUT2D eigenvalue weighted by Gasteiger charge is -2.02. The predicted octanol–water partition coefficient (Wildman–Crippen LogP) is 3.58. The number of phenolic OH excluding ortho intramolecular Hbond substituents is 1. The normalized spacial score (nSPS) is 10.9. The SMILES string of the molecule is Cc1occc1C(=O)N/N=C\c1cc(O)c(Br)cc1Br. The molecule has 0 aliphatic rings. The number of nitrogens with one attached hydrogen (secondary N) is 1. The Morgan fingerprint density at radius 2 is 2.15 bits per heavy atom. The molecule has 104 valence electrons. The van der Waals surface area contributed by atoms with Gasteiger partial charge in [-0.2, -0.15) is 5.10 Å². The molecular formula is C13H10Br2N2O3. The van der Waals surface area contributed by atoms with Crippen molar-refractivity contribution >= 4 is 44.0 Å². The number of hydrazone groups is 1. The van der Waals surface area contributed by atoms with E-state index in [-0.39, 0.29) is 11.7 Å². The number of phenols is 1. The number of furan rings is 1. The first kappa shape index (κ1) is 14.8. The van der Waals surface area contributed by atoms with Gasteiger partial charge < -0.3 is 9.52 Å². The average Bonchev–Trinajstić information content (AvgIpc) is 2.81. The highest BCUT2D eigenvalue weighted by Gasteiger charge is 2.10. The van der Waals surface area contributed by atoms with Gasteiger partial charge in [-0.25, -0.2) is 5.43 Å². The van der Waals surface area contributed by atoms with Crippen LogP contribution < -0.4 is 5.43 Å². The minimum atomic E-state index is -0.357. The number of carbonyl (C=O) groups excluding carboxylic acids is 1. The monoisotopic (exact) mass is 400 g/mol. The van der Waals surface area contributed by atoms with Crippen LogP contribution in [0.3, 0.4) is 0 Å². The minimum absolute atomic E-state index is 0.0895. The van der Waals surface area contributed by atoms with E-state index >= 15 is 0 Å². The number of aryl methyl sites for hydroxylation is 1. The summed E-state index contributed by atoms with van der Waals surface area (Å²) in [7, 11) is 0. The minimum Gasteiger partial charge on any atom is -0.507 e. The molecule has 0 spiro atoms. The summed E-state index contributed by atoms with van der Waals surface area (Å²) < 4.78 is 6.34. The van der Waals surface area contributed by atoms with Crippen LogP contribution in [0.5, 0.6) is 5.75 Å². The first-order valence-electron chi connectivity index (χ1n) is 5.54. The van der Waals surface area contributed by atoms with Crippen LogP contribution in [0.1, 0.15) is 21.7 Å². The Morgan fingerprint density at radius 1 is 1.40 bits per heavy atom. The molecule has 1 aromatic heterocycles. The van der Waals surface area contributed by atoms with Crippen LogP contribution in [0, 0.1) is 6.92 Å². The molecule has 2 N–H and O–H groups in total. The van der Waals surface area contributed by atoms with Gasteiger partial charge in [0, 0.05) is 10.0 Å². The number of hydrogen-bond acceptors (Lipinski definition) is 4. The molecule has 1 aromatic carbocycles. The van der Waals surface area contributed by atoms with Crippen LogP contribution in [-0.2, 0) is 0 Å². The van der Waals surface area contributed by atoms with Crippen molar-refractivity contribution in [2.45, 2.75) is 6.92 Å². The number of hydrogen-bond donors (Lipinski definition) is 2. The molecule has 0 atom stereocenters. The molecule has 20 heavy (non-hydrogen) atoms. The van der Waals surface area contributed by atoms with E-state index in [0.717, 1.165) is 4.47 Å². The third kappa shape index (κ3) is 3.29. The second kappa shape index (κ2) is 6.23. The van der Waals surface area contributed by atoms with Gasteiger partial charge in [0.25, 0.3) is 5.91 Å². The molecule has 1 amide bonds. The van der Waals surface area contributed by atoms with Crippen LogP contribution in [0.25, 0.3) is 0 Å². The summed E-state index contributed by atoms with van der Waals surface area (Å²) >= 11 is 6.54. The second-order valence-electron chi connectivity index (χ2n) is 3.91. The Bertz CT molecular complexity index is 680. The number of aromatic hydroxyl groups is 1. The zero-order valence-electron chi connectivity index (χ0n) is 10.4. The van der Waals surface area contributed by atoms with Crippen molar-refractivity contribution in [3.05, 3.63) is 50.3 Å². The molecule has 0 aliphatic heterocycles. The van der Waals surface area contributed by atoms with Crippen LogP contribution in [0.15, 0.2) is 42.9 Å². The van der Waals surface area contributed by atoms with Crippen molar-refractivity contribution in [1.29, 1.82) is 0 Å². The summed E-state index contributed by atoms with van der Waals surface area (Å²) in [5.41, 5.74) is 3.46. The summed E-state index contributed by atoms with van der Waals surface area (Å²) in [6.07, 6.45) is 2.88. The maximum absolute atomic E-state index is 11.8. The maximum atomic E-state index is 11.8. The first-order chi connectivity index (χ1) is 9.49. The van der Waals surface area contributed by atoms with Crippen LogP contribution in [0.2, 0.25) is 0 Å². The molecule has 0 aliphatic carbocycles. The number of nitrogens with zero attached hydrogens (tertiary/aromatic N) is 1. The van der Waals surface area contributed by atoms with Gasteiger partial charge in [-0.1, -0.05) is 15.9 Å². The Kier molecular flexibility index (Phi) is 4.61. The fraction of sp³-hybridized carbons (Fsp3) is 0.0769. The summed E-state index contributed by atoms with van der Waals surface area (Å²) in [4.78, 5) is 11.8. The molecule has 5 nitrogen and oxygen atoms in total. The van der Waals surface area contributed by atoms with Gasteiger partial charge in [-0.3, -0.25) is 4.79 Å². The van der Waals surface area contributed by atoms with Crippen molar-refractivity contribution in [3.63, 3.8) is 0 Å². The number of amides is 1. The van der Waals surface area contributed by atoms with E-state index in [1.54, 1.807) is 19.1 Å². The predicted molar refractivity (Wildman–Crippen MR) is 82.0 cm³/mol. The highest BCUT2D eigenvalue weighted by molar-refractivity contribution is 9.11. The molecular weight excluding hydrogens is 392 g/mol. The maximum Gasteiger partial charge on any atom is 0.274 e. The second-order valence-corrected chi connectivity index (χ2v) is 5.62. The zero-order valence-corrected chi connectivity index (χ0v) is 13.5. The molecule has 0 saturated heterocycles. The summed E-state index contributed by atoms with van der Waals surface area (Å²) in [5.74, 6) is 0.261. The summed E-state index contributed by atoms with van der Waals surface area (Å²) in [6, 6.07) is 4.78. The van der Waals surface area contributed by atoms with E-state index in [9.17, 15) is 9.90 Å². The lowest BCUT2D eigenvalue weighted by atomic mass is 10.2. The molecule has 0 saturated carbocycles. The Hall–Kier alpha value is -1.60. The molecule has 7 heteroatoms. The fourth-order valence-electron chi connectivity index (χ4n) is 1.49. The molecule has 0 radical (unpaired) electrons. The standard InChI is InChI=1S/C13H10Br2N2O3/c1-7-9(2-3-20-7)13(19)17-16-6-8-4-12(18)11(15)5-10(8)14/h2-6,18H,1H3,(H,17,19)/b16-6-. The van der Waals surface area contributed by atoms with E-state index in [0.29, 0.717) is 21.4 Å². The highest BCUT2D eigenvalue weighted by atomic mass is 79.9. The van der Waals surface area contributed by atoms with Gasteiger partial charge in [0.2, 0.25) is 0 Å². The fourth-order valence-corrected chi connectivity index (χ4v) is 2.59. The summed E-state index contributed by atoms with van der Waals surface area (Å²) in [6.45, 7) is 1.70. The van der Waals surface area contributed by atoms with E-state index in [1.807, 2.05) is 0 Å². The van der Waals surface area contributed by atoms with Crippen LogP contribution in [-0.4, -0.2) is 17.2 Å². The number of carbonyl (C=O) groups is 1. The van der Waals surface area contributed by atoms with Gasteiger partial charge in [0.15, 0.2) is 0 Å². The van der Waals surface area contributed by atoms with Gasteiger partial charge in [-0.05, 0) is 41.1 Å².